The van der Waals surface area contributed by atoms with E-state index in [4.69, 9.17) is 0 Å². The molecular weight excluding hydrogens is 435 g/mol. The number of carbonyl (C=O) groups is 1. The van der Waals surface area contributed by atoms with Crippen LogP contribution in [-0.4, -0.2) is 26.6 Å². The van der Waals surface area contributed by atoms with E-state index in [0.29, 0.717) is 5.69 Å². The number of nitrogens with zero attached hydrogens (tertiary/aromatic N) is 1. The quantitative estimate of drug-likeness (QED) is 0.487. The van der Waals surface area contributed by atoms with E-state index in [0.717, 1.165) is 34.0 Å². The molecule has 3 aromatic carbocycles. The molecule has 0 bridgehead atoms. The monoisotopic (exact) mass is 458 g/mol. The minimum atomic E-state index is -3.76. The van der Waals surface area contributed by atoms with E-state index >= 15 is 0 Å². The molecule has 0 fully saturated rings. The normalized spacial score (nSPS) is 12.2. The van der Waals surface area contributed by atoms with Crippen LogP contribution in [0, 0.1) is 5.82 Å². The van der Waals surface area contributed by atoms with Gasteiger partial charge < -0.3 is 5.32 Å². The van der Waals surface area contributed by atoms with Gasteiger partial charge in [0, 0.05) is 16.3 Å². The molecule has 0 unspecified atom stereocenters. The van der Waals surface area contributed by atoms with Gasteiger partial charge in [-0.3, -0.25) is 9.10 Å². The highest BCUT2D eigenvalue weighted by atomic mass is 32.2. The van der Waals surface area contributed by atoms with Crippen molar-refractivity contribution in [1.29, 1.82) is 0 Å². The Morgan fingerprint density at radius 1 is 1.00 bits per heavy atom. The summed E-state index contributed by atoms with van der Waals surface area (Å²) in [5.41, 5.74) is 1.89. The number of hydrogen-bond donors (Lipinski definition) is 1. The van der Waals surface area contributed by atoms with Crippen molar-refractivity contribution in [3.8, 4) is 0 Å². The summed E-state index contributed by atoms with van der Waals surface area (Å²) in [5.74, 6) is -0.179. The van der Waals surface area contributed by atoms with Gasteiger partial charge in [-0.05, 0) is 61.0 Å². The van der Waals surface area contributed by atoms with Crippen LogP contribution in [0.25, 0.3) is 0 Å². The number of thioether (sulfide) groups is 1. The van der Waals surface area contributed by atoms with Gasteiger partial charge in [-0.2, -0.15) is 0 Å². The van der Waals surface area contributed by atoms with Crippen LogP contribution in [0.15, 0.2) is 83.8 Å². The molecule has 31 heavy (non-hydrogen) atoms. The fourth-order valence-electron chi connectivity index (χ4n) is 3.01. The number of anilines is 2. The maximum absolute atomic E-state index is 13.2. The molecule has 162 valence electrons. The molecule has 1 atom stereocenters. The Labute approximate surface area is 186 Å². The first-order valence-electron chi connectivity index (χ1n) is 9.56. The van der Waals surface area contributed by atoms with E-state index < -0.39 is 27.8 Å². The SMILES string of the molecule is C[C@@H](C(=O)Nc1ccc(CSc2ccccc2)cc1)N(c1ccc(F)cc1)S(C)(=O)=O. The van der Waals surface area contributed by atoms with Gasteiger partial charge in [0.2, 0.25) is 15.9 Å². The molecule has 3 aromatic rings. The Morgan fingerprint density at radius 2 is 1.61 bits per heavy atom. The highest BCUT2D eigenvalue weighted by Gasteiger charge is 2.29. The van der Waals surface area contributed by atoms with E-state index in [2.05, 4.69) is 17.4 Å². The second-order valence-electron chi connectivity index (χ2n) is 7.00. The Bertz CT molecular complexity index is 1120. The van der Waals surface area contributed by atoms with Crippen LogP contribution < -0.4 is 9.62 Å². The lowest BCUT2D eigenvalue weighted by Crippen LogP contribution is -2.45. The van der Waals surface area contributed by atoms with Crippen LogP contribution in [0.5, 0.6) is 0 Å². The lowest BCUT2D eigenvalue weighted by molar-refractivity contribution is -0.116. The molecule has 0 saturated heterocycles. The number of carbonyl (C=O) groups excluding carboxylic acids is 1. The zero-order valence-corrected chi connectivity index (χ0v) is 18.8. The van der Waals surface area contributed by atoms with Crippen molar-refractivity contribution in [2.75, 3.05) is 15.9 Å². The van der Waals surface area contributed by atoms with E-state index in [-0.39, 0.29) is 5.69 Å². The molecule has 0 aliphatic heterocycles. The van der Waals surface area contributed by atoms with Gasteiger partial charge in [0.1, 0.15) is 11.9 Å². The van der Waals surface area contributed by atoms with Gasteiger partial charge in [0.25, 0.3) is 0 Å². The first-order chi connectivity index (χ1) is 14.7. The molecule has 3 rings (SSSR count). The van der Waals surface area contributed by atoms with Crippen molar-refractivity contribution in [2.45, 2.75) is 23.6 Å². The molecular formula is C23H23FN2O3S2. The van der Waals surface area contributed by atoms with Crippen LogP contribution in [0.2, 0.25) is 0 Å². The van der Waals surface area contributed by atoms with Crippen LogP contribution >= 0.6 is 11.8 Å². The van der Waals surface area contributed by atoms with Crippen LogP contribution in [0.1, 0.15) is 12.5 Å². The minimum Gasteiger partial charge on any atom is -0.324 e. The van der Waals surface area contributed by atoms with Gasteiger partial charge in [0.05, 0.1) is 11.9 Å². The van der Waals surface area contributed by atoms with E-state index in [1.807, 2.05) is 30.3 Å². The summed E-state index contributed by atoms with van der Waals surface area (Å²) in [6.45, 7) is 1.49. The van der Waals surface area contributed by atoms with E-state index in [1.54, 1.807) is 23.9 Å². The minimum absolute atomic E-state index is 0.222. The second-order valence-corrected chi connectivity index (χ2v) is 9.91. The maximum Gasteiger partial charge on any atom is 0.247 e. The third-order valence-electron chi connectivity index (χ3n) is 4.54. The second kappa shape index (κ2) is 9.98. The number of amides is 1. The molecule has 0 spiro atoms. The van der Waals surface area contributed by atoms with E-state index in [9.17, 15) is 17.6 Å². The molecule has 0 radical (unpaired) electrons. The first kappa shape index (κ1) is 22.8. The largest absolute Gasteiger partial charge is 0.324 e. The standard InChI is InChI=1S/C23H23FN2O3S2/c1-17(26(31(2,28)29)21-14-10-19(24)11-15-21)23(27)25-20-12-8-18(9-13-20)16-30-22-6-4-3-5-7-22/h3-15,17H,16H2,1-2H3,(H,25,27)/t17-/m0/s1. The van der Waals surface area contributed by atoms with Crippen molar-refractivity contribution < 1.29 is 17.6 Å². The van der Waals surface area contributed by atoms with Gasteiger partial charge in [-0.15, -0.1) is 11.8 Å². The van der Waals surface area contributed by atoms with Crippen LogP contribution in [0.3, 0.4) is 0 Å². The Balaban J connectivity index is 1.67. The third kappa shape index (κ3) is 6.32. The molecule has 0 heterocycles. The lowest BCUT2D eigenvalue weighted by atomic mass is 10.2. The molecule has 1 N–H and O–H groups in total. The maximum atomic E-state index is 13.2. The number of halogens is 1. The Kier molecular flexibility index (Phi) is 7.35. The number of rotatable bonds is 8. The summed E-state index contributed by atoms with van der Waals surface area (Å²) in [6, 6.07) is 21.4. The number of hydrogen-bond acceptors (Lipinski definition) is 4. The zero-order valence-electron chi connectivity index (χ0n) is 17.2. The fourth-order valence-corrected chi connectivity index (χ4v) is 5.06. The predicted octanol–water partition coefficient (Wildman–Crippen LogP) is 4.91. The summed E-state index contributed by atoms with van der Waals surface area (Å²) in [5, 5.41) is 2.75. The van der Waals surface area contributed by atoms with E-state index in [1.165, 1.54) is 24.0 Å². The highest BCUT2D eigenvalue weighted by molar-refractivity contribution is 7.98. The average Bonchev–Trinajstić information content (AvgIpc) is 2.74. The summed E-state index contributed by atoms with van der Waals surface area (Å²) in [6.07, 6.45) is 1.01. The Morgan fingerprint density at radius 3 is 2.19 bits per heavy atom. The average molecular weight is 459 g/mol. The lowest BCUT2D eigenvalue weighted by Gasteiger charge is -2.28. The molecule has 1 amide bonds. The van der Waals surface area contributed by atoms with Crippen molar-refractivity contribution in [3.63, 3.8) is 0 Å². The highest BCUT2D eigenvalue weighted by Crippen LogP contribution is 2.24. The van der Waals surface area contributed by atoms with Crippen molar-refractivity contribution in [2.24, 2.45) is 0 Å². The zero-order chi connectivity index (χ0) is 22.4. The summed E-state index contributed by atoms with van der Waals surface area (Å²) in [4.78, 5) is 13.9. The fraction of sp³-hybridized carbons (Fsp3) is 0.174. The predicted molar refractivity (Wildman–Crippen MR) is 124 cm³/mol. The molecule has 8 heteroatoms. The number of benzene rings is 3. The van der Waals surface area contributed by atoms with Gasteiger partial charge in [-0.25, -0.2) is 12.8 Å². The van der Waals surface area contributed by atoms with Gasteiger partial charge >= 0.3 is 0 Å². The van der Waals surface area contributed by atoms with Crippen molar-refractivity contribution >= 4 is 39.1 Å². The first-order valence-corrected chi connectivity index (χ1v) is 12.4. The van der Waals surface area contributed by atoms with Crippen molar-refractivity contribution in [1.82, 2.24) is 0 Å². The number of sulfonamides is 1. The summed E-state index contributed by atoms with van der Waals surface area (Å²) < 4.78 is 38.8. The topological polar surface area (TPSA) is 66.5 Å². The smallest absolute Gasteiger partial charge is 0.247 e. The molecule has 5 nitrogen and oxygen atoms in total. The molecule has 0 saturated carbocycles. The Hall–Kier alpha value is -2.84. The molecule has 0 aliphatic rings. The summed E-state index contributed by atoms with van der Waals surface area (Å²) >= 11 is 1.72. The van der Waals surface area contributed by atoms with Gasteiger partial charge in [0.15, 0.2) is 0 Å². The third-order valence-corrected chi connectivity index (χ3v) is 6.86. The summed E-state index contributed by atoms with van der Waals surface area (Å²) in [7, 11) is -3.76. The van der Waals surface area contributed by atoms with Crippen LogP contribution in [0.4, 0.5) is 15.8 Å². The van der Waals surface area contributed by atoms with Gasteiger partial charge in [-0.1, -0.05) is 30.3 Å². The molecule has 0 aromatic heterocycles. The molecule has 0 aliphatic carbocycles. The van der Waals surface area contributed by atoms with Crippen molar-refractivity contribution in [3.05, 3.63) is 90.2 Å². The number of nitrogens with one attached hydrogen (secondary N) is 1. The van der Waals surface area contributed by atoms with Crippen LogP contribution in [-0.2, 0) is 20.6 Å².